The first-order valence-corrected chi connectivity index (χ1v) is 8.92. The summed E-state index contributed by atoms with van der Waals surface area (Å²) in [7, 11) is 0. The van der Waals surface area contributed by atoms with Gasteiger partial charge in [0.1, 0.15) is 6.04 Å². The highest BCUT2D eigenvalue weighted by atomic mass is 16.5. The SMILES string of the molecule is CC(C)OCc1ccc(C(=O)Nc2ccc(C(=O)NC(C)C(=O)O)cc2)cc1. The summed E-state index contributed by atoms with van der Waals surface area (Å²) in [5, 5.41) is 14.0. The number of anilines is 1. The number of aliphatic carboxylic acids is 1. The summed E-state index contributed by atoms with van der Waals surface area (Å²) in [6.45, 7) is 5.80. The molecule has 0 aromatic heterocycles. The predicted molar refractivity (Wildman–Crippen MR) is 105 cm³/mol. The fraction of sp³-hybridized carbons (Fsp3) is 0.286. The summed E-state index contributed by atoms with van der Waals surface area (Å²) < 4.78 is 5.53. The molecule has 0 aliphatic carbocycles. The lowest BCUT2D eigenvalue weighted by Gasteiger charge is -2.10. The van der Waals surface area contributed by atoms with E-state index in [1.165, 1.54) is 19.1 Å². The maximum Gasteiger partial charge on any atom is 0.325 e. The molecule has 2 amide bonds. The molecule has 0 bridgehead atoms. The largest absolute Gasteiger partial charge is 0.480 e. The molecule has 0 radical (unpaired) electrons. The molecule has 1 unspecified atom stereocenters. The quantitative estimate of drug-likeness (QED) is 0.649. The zero-order valence-electron chi connectivity index (χ0n) is 16.1. The molecule has 0 fully saturated rings. The number of ether oxygens (including phenoxy) is 1. The summed E-state index contributed by atoms with van der Waals surface area (Å²) in [4.78, 5) is 35.1. The van der Waals surface area contributed by atoms with Gasteiger partial charge in [-0.2, -0.15) is 0 Å². The second kappa shape index (κ2) is 9.66. The molecule has 7 heteroatoms. The molecule has 7 nitrogen and oxygen atoms in total. The molecular formula is C21H24N2O5. The number of benzene rings is 2. The van der Waals surface area contributed by atoms with Gasteiger partial charge < -0.3 is 20.5 Å². The molecule has 1 atom stereocenters. The average molecular weight is 384 g/mol. The number of carboxylic acids is 1. The van der Waals surface area contributed by atoms with E-state index >= 15 is 0 Å². The monoisotopic (exact) mass is 384 g/mol. The number of hydrogen-bond donors (Lipinski definition) is 3. The molecule has 0 saturated heterocycles. The second-order valence-electron chi connectivity index (χ2n) is 6.62. The number of nitrogens with one attached hydrogen (secondary N) is 2. The topological polar surface area (TPSA) is 105 Å². The third kappa shape index (κ3) is 6.21. The Balaban J connectivity index is 1.95. The van der Waals surface area contributed by atoms with Crippen molar-refractivity contribution in [2.24, 2.45) is 0 Å². The van der Waals surface area contributed by atoms with Gasteiger partial charge in [0.25, 0.3) is 11.8 Å². The number of carbonyl (C=O) groups excluding carboxylic acids is 2. The highest BCUT2D eigenvalue weighted by molar-refractivity contribution is 6.04. The Morgan fingerprint density at radius 1 is 0.893 bits per heavy atom. The molecule has 0 heterocycles. The normalized spacial score (nSPS) is 11.7. The van der Waals surface area contributed by atoms with E-state index < -0.39 is 17.9 Å². The third-order valence-electron chi connectivity index (χ3n) is 3.92. The van der Waals surface area contributed by atoms with Crippen molar-refractivity contribution in [1.82, 2.24) is 5.32 Å². The van der Waals surface area contributed by atoms with Gasteiger partial charge in [0.15, 0.2) is 0 Å². The highest BCUT2D eigenvalue weighted by Gasteiger charge is 2.15. The van der Waals surface area contributed by atoms with Gasteiger partial charge in [0.2, 0.25) is 0 Å². The van der Waals surface area contributed by atoms with Gasteiger partial charge in [-0.05, 0) is 62.7 Å². The number of rotatable bonds is 8. The van der Waals surface area contributed by atoms with Gasteiger partial charge in [-0.15, -0.1) is 0 Å². The molecule has 0 aliphatic rings. The summed E-state index contributed by atoms with van der Waals surface area (Å²) in [5.74, 6) is -1.88. The van der Waals surface area contributed by atoms with Crippen LogP contribution in [0.5, 0.6) is 0 Å². The first kappa shape index (κ1) is 21.1. The number of hydrogen-bond acceptors (Lipinski definition) is 4. The van der Waals surface area contributed by atoms with E-state index in [4.69, 9.17) is 9.84 Å². The first-order valence-electron chi connectivity index (χ1n) is 8.92. The molecule has 0 aliphatic heterocycles. The van der Waals surface area contributed by atoms with Gasteiger partial charge >= 0.3 is 5.97 Å². The molecule has 148 valence electrons. The van der Waals surface area contributed by atoms with Crippen LogP contribution in [0.1, 0.15) is 47.1 Å². The van der Waals surface area contributed by atoms with Gasteiger partial charge in [-0.3, -0.25) is 14.4 Å². The average Bonchev–Trinajstić information content (AvgIpc) is 2.67. The van der Waals surface area contributed by atoms with Crippen molar-refractivity contribution in [2.75, 3.05) is 5.32 Å². The van der Waals surface area contributed by atoms with Crippen molar-refractivity contribution in [3.8, 4) is 0 Å². The van der Waals surface area contributed by atoms with E-state index in [-0.39, 0.29) is 12.0 Å². The fourth-order valence-corrected chi connectivity index (χ4v) is 2.27. The third-order valence-corrected chi connectivity index (χ3v) is 3.92. The Hall–Kier alpha value is -3.19. The van der Waals surface area contributed by atoms with Crippen molar-refractivity contribution in [3.05, 3.63) is 65.2 Å². The van der Waals surface area contributed by atoms with Crippen LogP contribution in [0.2, 0.25) is 0 Å². The van der Waals surface area contributed by atoms with Crippen LogP contribution in [0.4, 0.5) is 5.69 Å². The van der Waals surface area contributed by atoms with Crippen LogP contribution in [0.15, 0.2) is 48.5 Å². The van der Waals surface area contributed by atoms with Crippen molar-refractivity contribution in [1.29, 1.82) is 0 Å². The lowest BCUT2D eigenvalue weighted by Crippen LogP contribution is -2.38. The molecule has 0 spiro atoms. The molecule has 2 aromatic carbocycles. The van der Waals surface area contributed by atoms with Crippen LogP contribution in [0.25, 0.3) is 0 Å². The van der Waals surface area contributed by atoms with E-state index in [1.807, 2.05) is 26.0 Å². The predicted octanol–water partition coefficient (Wildman–Crippen LogP) is 3.07. The van der Waals surface area contributed by atoms with Crippen molar-refractivity contribution in [3.63, 3.8) is 0 Å². The van der Waals surface area contributed by atoms with E-state index in [9.17, 15) is 14.4 Å². The smallest absolute Gasteiger partial charge is 0.325 e. The lowest BCUT2D eigenvalue weighted by atomic mass is 10.1. The second-order valence-corrected chi connectivity index (χ2v) is 6.62. The minimum absolute atomic E-state index is 0.139. The number of carboxylic acid groups (broad SMARTS) is 1. The van der Waals surface area contributed by atoms with Gasteiger partial charge in [-0.25, -0.2) is 0 Å². The first-order chi connectivity index (χ1) is 13.3. The van der Waals surface area contributed by atoms with Gasteiger partial charge in [-0.1, -0.05) is 12.1 Å². The molecule has 28 heavy (non-hydrogen) atoms. The maximum absolute atomic E-state index is 12.3. The van der Waals surface area contributed by atoms with E-state index in [0.717, 1.165) is 5.56 Å². The molecule has 2 aromatic rings. The zero-order chi connectivity index (χ0) is 20.7. The van der Waals surface area contributed by atoms with E-state index in [1.54, 1.807) is 24.3 Å². The van der Waals surface area contributed by atoms with Crippen molar-refractivity contribution >= 4 is 23.5 Å². The number of carbonyl (C=O) groups is 3. The minimum atomic E-state index is -1.11. The Morgan fingerprint density at radius 2 is 1.43 bits per heavy atom. The van der Waals surface area contributed by atoms with E-state index in [0.29, 0.717) is 23.4 Å². The Labute approximate surface area is 163 Å². The van der Waals surface area contributed by atoms with Crippen molar-refractivity contribution in [2.45, 2.75) is 39.5 Å². The molecule has 3 N–H and O–H groups in total. The zero-order valence-corrected chi connectivity index (χ0v) is 16.1. The van der Waals surface area contributed by atoms with Crippen molar-refractivity contribution < 1.29 is 24.2 Å². The Bertz CT molecular complexity index is 829. The van der Waals surface area contributed by atoms with E-state index in [2.05, 4.69) is 10.6 Å². The van der Waals surface area contributed by atoms with Crippen LogP contribution in [0.3, 0.4) is 0 Å². The van der Waals surface area contributed by atoms with Crippen LogP contribution < -0.4 is 10.6 Å². The lowest BCUT2D eigenvalue weighted by molar-refractivity contribution is -0.138. The van der Waals surface area contributed by atoms with Crippen LogP contribution in [0, 0.1) is 0 Å². The summed E-state index contributed by atoms with van der Waals surface area (Å²) in [6, 6.07) is 12.4. The van der Waals surface area contributed by atoms with Gasteiger partial charge in [0.05, 0.1) is 12.7 Å². The molecule has 0 saturated carbocycles. The fourth-order valence-electron chi connectivity index (χ4n) is 2.27. The Morgan fingerprint density at radius 3 is 1.96 bits per heavy atom. The molecule has 2 rings (SSSR count). The standard InChI is InChI=1S/C21H24N2O5/c1-13(2)28-12-15-4-6-16(7-5-15)20(25)23-18-10-8-17(9-11-18)19(24)22-14(3)21(26)27/h4-11,13-14H,12H2,1-3H3,(H,22,24)(H,23,25)(H,26,27). The highest BCUT2D eigenvalue weighted by Crippen LogP contribution is 2.13. The summed E-state index contributed by atoms with van der Waals surface area (Å²) in [5.41, 5.74) is 2.32. The van der Waals surface area contributed by atoms with Crippen LogP contribution >= 0.6 is 0 Å². The van der Waals surface area contributed by atoms with Crippen LogP contribution in [-0.4, -0.2) is 35.0 Å². The maximum atomic E-state index is 12.3. The minimum Gasteiger partial charge on any atom is -0.480 e. The van der Waals surface area contributed by atoms with Gasteiger partial charge in [0, 0.05) is 16.8 Å². The van der Waals surface area contributed by atoms with Crippen LogP contribution in [-0.2, 0) is 16.1 Å². The summed E-state index contributed by atoms with van der Waals surface area (Å²) in [6.07, 6.45) is 0.139. The molecular weight excluding hydrogens is 360 g/mol. The number of amides is 2. The Kier molecular flexibility index (Phi) is 7.28. The summed E-state index contributed by atoms with van der Waals surface area (Å²) >= 11 is 0.